The van der Waals surface area contributed by atoms with Crippen LogP contribution in [0.15, 0.2) is 6.07 Å². The molecule has 0 unspecified atom stereocenters. The summed E-state index contributed by atoms with van der Waals surface area (Å²) in [5, 5.41) is 7.68. The van der Waals surface area contributed by atoms with Crippen molar-refractivity contribution in [3.8, 4) is 0 Å². The van der Waals surface area contributed by atoms with Crippen LogP contribution in [0, 0.1) is 5.92 Å². The molecule has 1 aromatic rings. The lowest BCUT2D eigenvalue weighted by molar-refractivity contribution is 0.593. The predicted molar refractivity (Wildman–Crippen MR) is 64.0 cm³/mol. The van der Waals surface area contributed by atoms with Crippen molar-refractivity contribution in [2.75, 3.05) is 13.6 Å². The van der Waals surface area contributed by atoms with E-state index in [2.05, 4.69) is 30.3 Å². The average molecular weight is 209 g/mol. The van der Waals surface area contributed by atoms with Crippen molar-refractivity contribution in [1.82, 2.24) is 15.1 Å². The van der Waals surface area contributed by atoms with Crippen molar-refractivity contribution >= 4 is 0 Å². The summed E-state index contributed by atoms with van der Waals surface area (Å²) in [6.07, 6.45) is 3.36. The van der Waals surface area contributed by atoms with Crippen LogP contribution in [0.2, 0.25) is 0 Å². The molecular formula is C12H23N3. The van der Waals surface area contributed by atoms with Gasteiger partial charge in [0.25, 0.3) is 0 Å². The molecule has 0 fully saturated rings. The summed E-state index contributed by atoms with van der Waals surface area (Å²) < 4.78 is 2.02. The summed E-state index contributed by atoms with van der Waals surface area (Å²) in [4.78, 5) is 0. The van der Waals surface area contributed by atoms with Gasteiger partial charge in [-0.25, -0.2) is 0 Å². The molecule has 0 radical (unpaired) electrons. The van der Waals surface area contributed by atoms with Gasteiger partial charge in [0.05, 0.1) is 5.69 Å². The number of nitrogens with zero attached hydrogens (tertiary/aromatic N) is 2. The highest BCUT2D eigenvalue weighted by Gasteiger charge is 2.06. The van der Waals surface area contributed by atoms with Gasteiger partial charge in [-0.3, -0.25) is 4.68 Å². The normalized spacial score (nSPS) is 11.3. The third kappa shape index (κ3) is 4.04. The first-order chi connectivity index (χ1) is 7.13. The van der Waals surface area contributed by atoms with E-state index in [1.54, 1.807) is 0 Å². The molecule has 0 bridgehead atoms. The molecule has 0 atom stereocenters. The Morgan fingerprint density at radius 2 is 2.20 bits per heavy atom. The second-order valence-corrected chi connectivity index (χ2v) is 4.56. The Morgan fingerprint density at radius 3 is 2.80 bits per heavy atom. The van der Waals surface area contributed by atoms with E-state index in [1.165, 1.54) is 11.4 Å². The van der Waals surface area contributed by atoms with Crippen LogP contribution in [0.25, 0.3) is 0 Å². The Hall–Kier alpha value is -0.830. The highest BCUT2D eigenvalue weighted by atomic mass is 15.3. The number of rotatable bonds is 6. The number of hydrogen-bond donors (Lipinski definition) is 1. The topological polar surface area (TPSA) is 29.9 Å². The molecule has 3 heteroatoms. The zero-order valence-corrected chi connectivity index (χ0v) is 10.4. The van der Waals surface area contributed by atoms with E-state index in [0.29, 0.717) is 5.92 Å². The molecule has 1 rings (SSSR count). The predicted octanol–water partition coefficient (Wildman–Crippen LogP) is 1.77. The summed E-state index contributed by atoms with van der Waals surface area (Å²) >= 11 is 0. The van der Waals surface area contributed by atoms with Crippen LogP contribution in [0.3, 0.4) is 0 Å². The van der Waals surface area contributed by atoms with Crippen LogP contribution >= 0.6 is 0 Å². The van der Waals surface area contributed by atoms with Gasteiger partial charge in [-0.05, 0) is 44.8 Å². The van der Waals surface area contributed by atoms with Gasteiger partial charge in [0.15, 0.2) is 0 Å². The molecule has 0 saturated heterocycles. The summed E-state index contributed by atoms with van der Waals surface area (Å²) in [7, 11) is 4.03. The fourth-order valence-corrected chi connectivity index (χ4v) is 1.75. The van der Waals surface area contributed by atoms with Gasteiger partial charge in [0, 0.05) is 12.7 Å². The van der Waals surface area contributed by atoms with Gasteiger partial charge in [-0.15, -0.1) is 0 Å². The van der Waals surface area contributed by atoms with E-state index in [1.807, 2.05) is 18.8 Å². The molecular weight excluding hydrogens is 186 g/mol. The minimum atomic E-state index is 0.700. The Morgan fingerprint density at radius 1 is 1.47 bits per heavy atom. The van der Waals surface area contributed by atoms with Crippen molar-refractivity contribution < 1.29 is 0 Å². The third-order valence-electron chi connectivity index (χ3n) is 2.50. The number of nitrogens with one attached hydrogen (secondary N) is 1. The van der Waals surface area contributed by atoms with E-state index in [4.69, 9.17) is 0 Å². The van der Waals surface area contributed by atoms with Crippen molar-refractivity contribution in [3.63, 3.8) is 0 Å². The molecule has 3 nitrogen and oxygen atoms in total. The summed E-state index contributed by atoms with van der Waals surface area (Å²) in [6, 6.07) is 2.25. The number of aryl methyl sites for hydroxylation is 2. The van der Waals surface area contributed by atoms with Crippen molar-refractivity contribution in [2.24, 2.45) is 13.0 Å². The van der Waals surface area contributed by atoms with Crippen LogP contribution < -0.4 is 5.32 Å². The van der Waals surface area contributed by atoms with E-state index >= 15 is 0 Å². The number of aromatic nitrogens is 2. The van der Waals surface area contributed by atoms with E-state index in [-0.39, 0.29) is 0 Å². The first-order valence-corrected chi connectivity index (χ1v) is 5.80. The van der Waals surface area contributed by atoms with Gasteiger partial charge in [0.2, 0.25) is 0 Å². The molecule has 0 saturated carbocycles. The van der Waals surface area contributed by atoms with Crippen molar-refractivity contribution in [3.05, 3.63) is 17.5 Å². The largest absolute Gasteiger partial charge is 0.320 e. The SMILES string of the molecule is CNCCCc1cc(CC(C)C)n(C)n1. The highest BCUT2D eigenvalue weighted by Crippen LogP contribution is 2.10. The maximum absolute atomic E-state index is 4.52. The Kier molecular flexibility index (Phi) is 4.82. The maximum atomic E-state index is 4.52. The summed E-state index contributed by atoms with van der Waals surface area (Å²) in [6.45, 7) is 5.55. The van der Waals surface area contributed by atoms with Crippen LogP contribution in [0.4, 0.5) is 0 Å². The minimum absolute atomic E-state index is 0.700. The van der Waals surface area contributed by atoms with Crippen LogP contribution in [-0.4, -0.2) is 23.4 Å². The van der Waals surface area contributed by atoms with Crippen LogP contribution in [0.5, 0.6) is 0 Å². The van der Waals surface area contributed by atoms with E-state index < -0.39 is 0 Å². The molecule has 86 valence electrons. The van der Waals surface area contributed by atoms with Gasteiger partial charge in [-0.2, -0.15) is 5.10 Å². The zero-order chi connectivity index (χ0) is 11.3. The second-order valence-electron chi connectivity index (χ2n) is 4.56. The summed E-state index contributed by atoms with van der Waals surface area (Å²) in [5.41, 5.74) is 2.58. The smallest absolute Gasteiger partial charge is 0.0627 e. The first-order valence-electron chi connectivity index (χ1n) is 5.80. The van der Waals surface area contributed by atoms with Crippen molar-refractivity contribution in [1.29, 1.82) is 0 Å². The molecule has 15 heavy (non-hydrogen) atoms. The lowest BCUT2D eigenvalue weighted by atomic mass is 10.1. The van der Waals surface area contributed by atoms with Crippen LogP contribution in [0.1, 0.15) is 31.7 Å². The van der Waals surface area contributed by atoms with Crippen molar-refractivity contribution in [2.45, 2.75) is 33.1 Å². The molecule has 0 amide bonds. The minimum Gasteiger partial charge on any atom is -0.320 e. The van der Waals surface area contributed by atoms with E-state index in [0.717, 1.165) is 25.8 Å². The highest BCUT2D eigenvalue weighted by molar-refractivity contribution is 5.11. The average Bonchev–Trinajstić information content (AvgIpc) is 2.47. The molecule has 1 heterocycles. The molecule has 0 aliphatic heterocycles. The zero-order valence-electron chi connectivity index (χ0n) is 10.4. The lowest BCUT2D eigenvalue weighted by Gasteiger charge is -2.03. The van der Waals surface area contributed by atoms with Gasteiger partial charge < -0.3 is 5.32 Å². The molecule has 0 aromatic carbocycles. The Labute approximate surface area is 92.9 Å². The molecule has 1 N–H and O–H groups in total. The fraction of sp³-hybridized carbons (Fsp3) is 0.750. The molecule has 1 aromatic heterocycles. The monoisotopic (exact) mass is 209 g/mol. The van der Waals surface area contributed by atoms with Gasteiger partial charge >= 0.3 is 0 Å². The Balaban J connectivity index is 2.52. The van der Waals surface area contributed by atoms with Gasteiger partial charge in [0.1, 0.15) is 0 Å². The second kappa shape index (κ2) is 5.91. The third-order valence-corrected chi connectivity index (χ3v) is 2.50. The Bertz CT molecular complexity index is 289. The first kappa shape index (κ1) is 12.2. The molecule has 0 spiro atoms. The molecule has 0 aliphatic carbocycles. The standard InChI is InChI=1S/C12H23N3/c1-10(2)8-12-9-11(14-15(12)4)6-5-7-13-3/h9-10,13H,5-8H2,1-4H3. The van der Waals surface area contributed by atoms with Crippen LogP contribution in [-0.2, 0) is 19.9 Å². The fourth-order valence-electron chi connectivity index (χ4n) is 1.75. The lowest BCUT2D eigenvalue weighted by Crippen LogP contribution is -2.08. The quantitative estimate of drug-likeness (QED) is 0.724. The maximum Gasteiger partial charge on any atom is 0.0627 e. The molecule has 0 aliphatic rings. The summed E-state index contributed by atoms with van der Waals surface area (Å²) in [5.74, 6) is 0.700. The van der Waals surface area contributed by atoms with E-state index in [9.17, 15) is 0 Å². The van der Waals surface area contributed by atoms with Gasteiger partial charge in [-0.1, -0.05) is 13.8 Å². The number of hydrogen-bond acceptors (Lipinski definition) is 2.